The molecule has 5 nitrogen and oxygen atoms in total. The van der Waals surface area contributed by atoms with Crippen LogP contribution in [0.3, 0.4) is 0 Å². The van der Waals surface area contributed by atoms with Gasteiger partial charge in [0.15, 0.2) is 0 Å². The minimum atomic E-state index is -1.83. The topological polar surface area (TPSA) is 75.3 Å². The highest BCUT2D eigenvalue weighted by molar-refractivity contribution is 6.33. The smallest absolute Gasteiger partial charge is 0.253 e. The Kier molecular flexibility index (Phi) is 4.82. The molecular formula is C24H20N2O3. The minimum absolute atomic E-state index is 0.250. The number of Topliss-reactive ketones (excluding diaryl/α,β-unsaturated/α-hetero) is 2. The van der Waals surface area contributed by atoms with Crippen LogP contribution in [-0.4, -0.2) is 23.1 Å². The maximum absolute atomic E-state index is 13.3. The predicted molar refractivity (Wildman–Crippen MR) is 110 cm³/mol. The second-order valence-electron chi connectivity index (χ2n) is 7.12. The third-order valence-corrected chi connectivity index (χ3v) is 5.08. The summed E-state index contributed by atoms with van der Waals surface area (Å²) >= 11 is 0. The molecule has 29 heavy (non-hydrogen) atoms. The number of ketones is 2. The summed E-state index contributed by atoms with van der Waals surface area (Å²) in [5, 5.41) is 5.75. The van der Waals surface area contributed by atoms with E-state index in [0.29, 0.717) is 16.7 Å². The monoisotopic (exact) mass is 384 g/mol. The molecular weight excluding hydrogens is 364 g/mol. The zero-order valence-corrected chi connectivity index (χ0v) is 15.9. The fraction of sp³-hybridized carbons (Fsp3) is 0.125. The van der Waals surface area contributed by atoms with E-state index in [-0.39, 0.29) is 6.54 Å². The van der Waals surface area contributed by atoms with Crippen LogP contribution in [-0.2, 0) is 6.54 Å². The Morgan fingerprint density at radius 3 is 2.07 bits per heavy atom. The van der Waals surface area contributed by atoms with E-state index in [2.05, 4.69) is 10.6 Å². The number of fused-ring (bicyclic) bond motifs is 1. The molecule has 1 aliphatic rings. The average molecular weight is 384 g/mol. The molecule has 1 aliphatic carbocycles. The Morgan fingerprint density at radius 1 is 0.828 bits per heavy atom. The molecule has 0 heterocycles. The van der Waals surface area contributed by atoms with Crippen LogP contribution in [0, 0.1) is 6.92 Å². The lowest BCUT2D eigenvalue weighted by molar-refractivity contribution is 0.0652. The van der Waals surface area contributed by atoms with Gasteiger partial charge in [0.2, 0.25) is 17.2 Å². The number of aryl methyl sites for hydroxylation is 1. The maximum Gasteiger partial charge on any atom is 0.253 e. The molecule has 0 aromatic heterocycles. The van der Waals surface area contributed by atoms with E-state index in [4.69, 9.17) is 0 Å². The summed E-state index contributed by atoms with van der Waals surface area (Å²) in [6, 6.07) is 23.1. The van der Waals surface area contributed by atoms with Crippen molar-refractivity contribution in [3.8, 4) is 0 Å². The van der Waals surface area contributed by atoms with Crippen LogP contribution in [0.2, 0.25) is 0 Å². The summed E-state index contributed by atoms with van der Waals surface area (Å²) < 4.78 is 0. The largest absolute Gasteiger partial charge is 0.321 e. The lowest BCUT2D eigenvalue weighted by Gasteiger charge is -2.28. The lowest BCUT2D eigenvalue weighted by Crippen LogP contribution is -2.66. The molecule has 0 aliphatic heterocycles. The second kappa shape index (κ2) is 7.45. The molecule has 0 saturated carbocycles. The van der Waals surface area contributed by atoms with E-state index in [0.717, 1.165) is 11.1 Å². The van der Waals surface area contributed by atoms with Crippen molar-refractivity contribution in [2.45, 2.75) is 19.1 Å². The van der Waals surface area contributed by atoms with E-state index >= 15 is 0 Å². The van der Waals surface area contributed by atoms with Crippen molar-refractivity contribution in [1.29, 1.82) is 0 Å². The Balaban J connectivity index is 1.71. The van der Waals surface area contributed by atoms with Gasteiger partial charge >= 0.3 is 0 Å². The molecule has 0 fully saturated rings. The lowest BCUT2D eigenvalue weighted by atomic mass is 10.0. The van der Waals surface area contributed by atoms with Crippen LogP contribution in [0.4, 0.5) is 0 Å². The molecule has 0 saturated heterocycles. The molecule has 1 amide bonds. The van der Waals surface area contributed by atoms with E-state index in [1.807, 2.05) is 43.3 Å². The van der Waals surface area contributed by atoms with Crippen LogP contribution >= 0.6 is 0 Å². The van der Waals surface area contributed by atoms with Gasteiger partial charge in [-0.3, -0.25) is 19.7 Å². The minimum Gasteiger partial charge on any atom is -0.321 e. The van der Waals surface area contributed by atoms with Crippen LogP contribution in [0.15, 0.2) is 78.9 Å². The molecule has 3 aromatic carbocycles. The first-order valence-corrected chi connectivity index (χ1v) is 9.38. The van der Waals surface area contributed by atoms with E-state index in [9.17, 15) is 14.4 Å². The standard InChI is InChI=1S/C24H20N2O3/c1-16-8-7-11-18(14-16)23(29)26-24(25-15-17-9-3-2-4-10-17)21(27)19-12-5-6-13-20(19)22(24)28/h2-14,25H,15H2,1H3,(H,26,29). The number of hydrogen-bond acceptors (Lipinski definition) is 4. The van der Waals surface area contributed by atoms with Crippen LogP contribution in [0.25, 0.3) is 0 Å². The van der Waals surface area contributed by atoms with E-state index < -0.39 is 23.1 Å². The van der Waals surface area contributed by atoms with Gasteiger partial charge in [-0.1, -0.05) is 72.3 Å². The highest BCUT2D eigenvalue weighted by Crippen LogP contribution is 2.29. The fourth-order valence-corrected chi connectivity index (χ4v) is 3.56. The van der Waals surface area contributed by atoms with Crippen LogP contribution in [0.1, 0.15) is 42.2 Å². The number of rotatable bonds is 5. The van der Waals surface area contributed by atoms with Gasteiger partial charge < -0.3 is 5.32 Å². The van der Waals surface area contributed by atoms with Gasteiger partial charge in [0.1, 0.15) is 0 Å². The highest BCUT2D eigenvalue weighted by Gasteiger charge is 2.54. The Hall–Kier alpha value is -3.57. The molecule has 0 radical (unpaired) electrons. The normalized spacial score (nSPS) is 14.5. The van der Waals surface area contributed by atoms with Gasteiger partial charge in [-0.15, -0.1) is 0 Å². The number of carbonyl (C=O) groups excluding carboxylic acids is 3. The zero-order valence-electron chi connectivity index (χ0n) is 15.9. The Bertz CT molecular complexity index is 1070. The second-order valence-corrected chi connectivity index (χ2v) is 7.12. The van der Waals surface area contributed by atoms with Crippen molar-refractivity contribution in [3.05, 3.63) is 107 Å². The molecule has 0 unspecified atom stereocenters. The van der Waals surface area contributed by atoms with Crippen molar-refractivity contribution in [1.82, 2.24) is 10.6 Å². The van der Waals surface area contributed by atoms with Gasteiger partial charge in [-0.2, -0.15) is 0 Å². The highest BCUT2D eigenvalue weighted by atomic mass is 16.2. The van der Waals surface area contributed by atoms with Crippen LogP contribution in [0.5, 0.6) is 0 Å². The summed E-state index contributed by atoms with van der Waals surface area (Å²) in [5.74, 6) is -1.38. The first-order valence-electron chi connectivity index (χ1n) is 9.38. The SMILES string of the molecule is Cc1cccc(C(=O)NC2(NCc3ccccc3)C(=O)c3ccccc3C2=O)c1. The summed E-state index contributed by atoms with van der Waals surface area (Å²) in [4.78, 5) is 39.5. The maximum atomic E-state index is 13.3. The molecule has 5 heteroatoms. The van der Waals surface area contributed by atoms with Gasteiger partial charge in [0.05, 0.1) is 0 Å². The molecule has 3 aromatic rings. The first kappa shape index (κ1) is 18.8. The van der Waals surface area contributed by atoms with Gasteiger partial charge in [0.25, 0.3) is 5.91 Å². The molecule has 4 rings (SSSR count). The number of hydrogen-bond donors (Lipinski definition) is 2. The van der Waals surface area contributed by atoms with E-state index in [1.54, 1.807) is 42.5 Å². The van der Waals surface area contributed by atoms with Crippen molar-refractivity contribution < 1.29 is 14.4 Å². The predicted octanol–water partition coefficient (Wildman–Crippen LogP) is 3.29. The van der Waals surface area contributed by atoms with Crippen LogP contribution < -0.4 is 10.6 Å². The molecule has 0 spiro atoms. The summed E-state index contributed by atoms with van der Waals surface area (Å²) in [5.41, 5.74) is 0.984. The summed E-state index contributed by atoms with van der Waals surface area (Å²) in [7, 11) is 0. The Labute approximate surface area is 168 Å². The van der Waals surface area contributed by atoms with E-state index in [1.165, 1.54) is 0 Å². The van der Waals surface area contributed by atoms with Gasteiger partial charge in [-0.25, -0.2) is 0 Å². The summed E-state index contributed by atoms with van der Waals surface area (Å²) in [6.45, 7) is 2.13. The number of amides is 1. The van der Waals surface area contributed by atoms with Crippen molar-refractivity contribution >= 4 is 17.5 Å². The third-order valence-electron chi connectivity index (χ3n) is 5.08. The first-order chi connectivity index (χ1) is 14.0. The average Bonchev–Trinajstić information content (AvgIpc) is 2.95. The molecule has 144 valence electrons. The zero-order chi connectivity index (χ0) is 20.4. The fourth-order valence-electron chi connectivity index (χ4n) is 3.56. The number of nitrogens with one attached hydrogen (secondary N) is 2. The number of carbonyl (C=O) groups is 3. The summed E-state index contributed by atoms with van der Waals surface area (Å²) in [6.07, 6.45) is 0. The number of benzene rings is 3. The Morgan fingerprint density at radius 2 is 1.45 bits per heavy atom. The van der Waals surface area contributed by atoms with Crippen molar-refractivity contribution in [3.63, 3.8) is 0 Å². The third kappa shape index (κ3) is 3.37. The molecule has 0 bridgehead atoms. The van der Waals surface area contributed by atoms with Gasteiger partial charge in [-0.05, 0) is 24.6 Å². The van der Waals surface area contributed by atoms with Crippen molar-refractivity contribution in [2.24, 2.45) is 0 Å². The molecule has 0 atom stereocenters. The molecule has 2 N–H and O–H groups in total. The quantitative estimate of drug-likeness (QED) is 0.523. The van der Waals surface area contributed by atoms with Gasteiger partial charge in [0, 0.05) is 23.2 Å². The van der Waals surface area contributed by atoms with Crippen molar-refractivity contribution in [2.75, 3.05) is 0 Å².